The van der Waals surface area contributed by atoms with Gasteiger partial charge in [0.1, 0.15) is 12.6 Å². The van der Waals surface area contributed by atoms with Crippen LogP contribution in [-0.2, 0) is 19.1 Å². The standard InChI is InChI=1S/C24H35BrN2O5S/c1-4-7-11-26(10-5-2)22(30)20-24-15-16(25)19(33-24)17(23(31)32-14-6-3)18(24)21(29)27(20)12-8-9-13-28/h5-6,16-20,28H,2-4,7-15H2,1H3/t16?,17-,18-,19-,20?,24?/m0/s1. The minimum Gasteiger partial charge on any atom is -0.461 e. The summed E-state index contributed by atoms with van der Waals surface area (Å²) in [5.41, 5.74) is 0. The fraction of sp³-hybridized carbons (Fsp3) is 0.708. The SMILES string of the molecule is C=CCOC(=O)[C@H]1[C@H]2C(=O)N(CCCCO)C(C(=O)N(CC=C)CCCC)C23CC(Br)[C@@H]1S3. The zero-order valence-corrected chi connectivity index (χ0v) is 21.7. The molecule has 0 saturated carbocycles. The van der Waals surface area contributed by atoms with Gasteiger partial charge in [-0.15, -0.1) is 18.3 Å². The van der Waals surface area contributed by atoms with Crippen LogP contribution in [-0.4, -0.2) is 86.4 Å². The van der Waals surface area contributed by atoms with E-state index >= 15 is 0 Å². The van der Waals surface area contributed by atoms with Crippen molar-refractivity contribution in [1.29, 1.82) is 0 Å². The van der Waals surface area contributed by atoms with Crippen molar-refractivity contribution < 1.29 is 24.2 Å². The molecule has 3 heterocycles. The molecule has 0 aromatic carbocycles. The van der Waals surface area contributed by atoms with Gasteiger partial charge in [-0.05, 0) is 25.7 Å². The first kappa shape index (κ1) is 26.3. The molecule has 33 heavy (non-hydrogen) atoms. The van der Waals surface area contributed by atoms with Crippen LogP contribution in [0.25, 0.3) is 0 Å². The monoisotopic (exact) mass is 542 g/mol. The molecule has 1 N–H and O–H groups in total. The maximum atomic E-state index is 14.0. The summed E-state index contributed by atoms with van der Waals surface area (Å²) in [6, 6.07) is -0.641. The molecule has 184 valence electrons. The van der Waals surface area contributed by atoms with E-state index in [0.717, 1.165) is 12.8 Å². The first-order chi connectivity index (χ1) is 15.9. The van der Waals surface area contributed by atoms with Crippen LogP contribution in [0.5, 0.6) is 0 Å². The molecule has 7 nitrogen and oxygen atoms in total. The summed E-state index contributed by atoms with van der Waals surface area (Å²) in [4.78, 5) is 44.3. The Labute approximate surface area is 209 Å². The first-order valence-electron chi connectivity index (χ1n) is 11.8. The van der Waals surface area contributed by atoms with E-state index in [-0.39, 0.29) is 35.1 Å². The molecular weight excluding hydrogens is 508 g/mol. The Hall–Kier alpha value is -1.32. The van der Waals surface area contributed by atoms with Crippen molar-refractivity contribution >= 4 is 45.5 Å². The summed E-state index contributed by atoms with van der Waals surface area (Å²) in [5, 5.41) is 9.15. The van der Waals surface area contributed by atoms with E-state index in [2.05, 4.69) is 36.0 Å². The molecule has 3 rings (SSSR count). The van der Waals surface area contributed by atoms with E-state index in [9.17, 15) is 19.5 Å². The Bertz CT molecular complexity index is 780. The first-order valence-corrected chi connectivity index (χ1v) is 13.6. The van der Waals surface area contributed by atoms with Gasteiger partial charge in [0.15, 0.2) is 0 Å². The van der Waals surface area contributed by atoms with E-state index in [4.69, 9.17) is 4.74 Å². The third-order valence-corrected chi connectivity index (χ3v) is 10.1. The maximum Gasteiger partial charge on any atom is 0.311 e. The van der Waals surface area contributed by atoms with Crippen LogP contribution in [0.4, 0.5) is 0 Å². The van der Waals surface area contributed by atoms with Crippen LogP contribution in [0.15, 0.2) is 25.3 Å². The average Bonchev–Trinajstić information content (AvgIpc) is 3.38. The van der Waals surface area contributed by atoms with E-state index in [0.29, 0.717) is 38.9 Å². The van der Waals surface area contributed by atoms with Gasteiger partial charge in [-0.3, -0.25) is 14.4 Å². The molecule has 0 aromatic heterocycles. The van der Waals surface area contributed by atoms with E-state index in [1.165, 1.54) is 6.08 Å². The number of aliphatic hydroxyl groups excluding tert-OH is 1. The van der Waals surface area contributed by atoms with Crippen LogP contribution >= 0.6 is 27.7 Å². The van der Waals surface area contributed by atoms with Crippen molar-refractivity contribution in [3.05, 3.63) is 25.3 Å². The van der Waals surface area contributed by atoms with E-state index < -0.39 is 28.6 Å². The second-order valence-corrected chi connectivity index (χ2v) is 11.7. The van der Waals surface area contributed by atoms with Crippen LogP contribution in [0, 0.1) is 11.8 Å². The molecule has 3 saturated heterocycles. The lowest BCUT2D eigenvalue weighted by molar-refractivity contribution is -0.153. The third kappa shape index (κ3) is 4.78. The number of likely N-dealkylation sites (tertiary alicyclic amines) is 1. The van der Waals surface area contributed by atoms with Gasteiger partial charge in [-0.25, -0.2) is 0 Å². The number of hydrogen-bond acceptors (Lipinski definition) is 6. The molecule has 1 spiro atoms. The lowest BCUT2D eigenvalue weighted by Crippen LogP contribution is -2.55. The number of alkyl halides is 1. The Morgan fingerprint density at radius 3 is 2.73 bits per heavy atom. The minimum atomic E-state index is -0.671. The highest BCUT2D eigenvalue weighted by Crippen LogP contribution is 2.68. The molecule has 3 fully saturated rings. The largest absolute Gasteiger partial charge is 0.461 e. The van der Waals surface area contributed by atoms with Crippen molar-refractivity contribution in [3.8, 4) is 0 Å². The average molecular weight is 544 g/mol. The number of halogens is 1. The number of rotatable bonds is 13. The maximum absolute atomic E-state index is 14.0. The number of aliphatic hydroxyl groups is 1. The van der Waals surface area contributed by atoms with Gasteiger partial charge in [0.2, 0.25) is 11.8 Å². The molecule has 6 atom stereocenters. The number of fused-ring (bicyclic) bond motifs is 1. The molecule has 3 aliphatic rings. The topological polar surface area (TPSA) is 87.1 Å². The summed E-state index contributed by atoms with van der Waals surface area (Å²) in [5.74, 6) is -1.79. The fourth-order valence-electron chi connectivity index (χ4n) is 5.52. The highest BCUT2D eigenvalue weighted by Gasteiger charge is 2.76. The summed E-state index contributed by atoms with van der Waals surface area (Å²) in [7, 11) is 0. The number of carbonyl (C=O) groups is 3. The number of amides is 2. The van der Waals surface area contributed by atoms with Gasteiger partial charge in [0.25, 0.3) is 0 Å². The van der Waals surface area contributed by atoms with Crippen molar-refractivity contribution in [2.75, 3.05) is 32.8 Å². The van der Waals surface area contributed by atoms with Crippen LogP contribution in [0.2, 0.25) is 0 Å². The second kappa shape index (κ2) is 11.4. The number of unbranched alkanes of at least 4 members (excludes halogenated alkanes) is 2. The van der Waals surface area contributed by atoms with Crippen LogP contribution in [0.1, 0.15) is 39.0 Å². The third-order valence-electron chi connectivity index (χ3n) is 6.89. The lowest BCUT2D eigenvalue weighted by atomic mass is 9.71. The normalized spacial score (nSPS) is 32.0. The summed E-state index contributed by atoms with van der Waals surface area (Å²) >= 11 is 5.35. The molecule has 0 aromatic rings. The molecule has 2 bridgehead atoms. The zero-order chi connectivity index (χ0) is 24.2. The number of ether oxygens (including phenoxy) is 1. The molecule has 9 heteroatoms. The van der Waals surface area contributed by atoms with Gasteiger partial charge in [-0.2, -0.15) is 0 Å². The Kier molecular flexibility index (Phi) is 9.08. The van der Waals surface area contributed by atoms with Gasteiger partial charge in [0, 0.05) is 36.3 Å². The highest BCUT2D eigenvalue weighted by molar-refractivity contribution is 9.09. The van der Waals surface area contributed by atoms with Gasteiger partial charge < -0.3 is 19.6 Å². The lowest BCUT2D eigenvalue weighted by Gasteiger charge is -2.37. The molecule has 2 amide bonds. The van der Waals surface area contributed by atoms with Crippen molar-refractivity contribution in [2.45, 2.75) is 59.9 Å². The van der Waals surface area contributed by atoms with Crippen molar-refractivity contribution in [2.24, 2.45) is 11.8 Å². The molecule has 0 radical (unpaired) electrons. The predicted molar refractivity (Wildman–Crippen MR) is 133 cm³/mol. The number of carbonyl (C=O) groups excluding carboxylic acids is 3. The smallest absolute Gasteiger partial charge is 0.311 e. The summed E-state index contributed by atoms with van der Waals surface area (Å²) in [6.45, 7) is 11.0. The predicted octanol–water partition coefficient (Wildman–Crippen LogP) is 2.77. The highest BCUT2D eigenvalue weighted by atomic mass is 79.9. The molecule has 0 aliphatic carbocycles. The van der Waals surface area contributed by atoms with Crippen LogP contribution in [0.3, 0.4) is 0 Å². The van der Waals surface area contributed by atoms with Crippen molar-refractivity contribution in [3.63, 3.8) is 0 Å². The van der Waals surface area contributed by atoms with Gasteiger partial charge in [0.05, 0.1) is 16.6 Å². The Balaban J connectivity index is 1.99. The number of thioether (sulfide) groups is 1. The quantitative estimate of drug-likeness (QED) is 0.166. The summed E-state index contributed by atoms with van der Waals surface area (Å²) < 4.78 is 4.72. The van der Waals surface area contributed by atoms with Gasteiger partial charge in [-0.1, -0.05) is 48.0 Å². The van der Waals surface area contributed by atoms with E-state index in [1.807, 2.05) is 0 Å². The van der Waals surface area contributed by atoms with Crippen LogP contribution < -0.4 is 0 Å². The molecule has 3 aliphatic heterocycles. The number of hydrogen-bond donors (Lipinski definition) is 1. The van der Waals surface area contributed by atoms with Crippen molar-refractivity contribution in [1.82, 2.24) is 9.80 Å². The Morgan fingerprint density at radius 1 is 1.33 bits per heavy atom. The molecular formula is C24H35BrN2O5S. The second-order valence-electron chi connectivity index (χ2n) is 8.97. The Morgan fingerprint density at radius 2 is 2.09 bits per heavy atom. The fourth-order valence-corrected chi connectivity index (χ4v) is 9.11. The van der Waals surface area contributed by atoms with Gasteiger partial charge >= 0.3 is 5.97 Å². The number of esters is 1. The minimum absolute atomic E-state index is 0.0176. The zero-order valence-electron chi connectivity index (χ0n) is 19.3. The van der Waals surface area contributed by atoms with E-state index in [1.54, 1.807) is 27.6 Å². The number of nitrogens with zero attached hydrogens (tertiary/aromatic N) is 2. The summed E-state index contributed by atoms with van der Waals surface area (Å²) in [6.07, 6.45) is 6.86. The molecule has 3 unspecified atom stereocenters.